The molecule has 0 amide bonds. The normalized spacial score (nSPS) is 10.5. The van der Waals surface area contributed by atoms with E-state index in [9.17, 15) is 0 Å². The summed E-state index contributed by atoms with van der Waals surface area (Å²) in [5.74, 6) is 0.869. The van der Waals surface area contributed by atoms with Gasteiger partial charge in [-0.1, -0.05) is 0 Å². The summed E-state index contributed by atoms with van der Waals surface area (Å²) in [4.78, 5) is 4.18. The summed E-state index contributed by atoms with van der Waals surface area (Å²) in [5, 5.41) is 0. The summed E-state index contributed by atoms with van der Waals surface area (Å²) in [6, 6.07) is 3.80. The zero-order valence-corrected chi connectivity index (χ0v) is 8.16. The molecule has 72 valence electrons. The van der Waals surface area contributed by atoms with Crippen molar-refractivity contribution in [2.45, 2.75) is 26.4 Å². The van der Waals surface area contributed by atoms with Crippen molar-refractivity contribution >= 4 is 0 Å². The second kappa shape index (κ2) is 4.82. The highest BCUT2D eigenvalue weighted by atomic mass is 16.5. The van der Waals surface area contributed by atoms with Crippen LogP contribution in [0, 0.1) is 0 Å². The summed E-state index contributed by atoms with van der Waals surface area (Å²) >= 11 is 0. The number of nitrogens with zero attached hydrogens (tertiary/aromatic N) is 1. The standard InChI is InChI=1S/C10H16N2O/c1-8(2)13-10-4-6-12-9(7-10)3-5-11/h4,6-8H,3,5,11H2,1-2H3. The fraction of sp³-hybridized carbons (Fsp3) is 0.500. The van der Waals surface area contributed by atoms with Crippen LogP contribution >= 0.6 is 0 Å². The predicted octanol–water partition coefficient (Wildman–Crippen LogP) is 1.37. The topological polar surface area (TPSA) is 48.1 Å². The van der Waals surface area contributed by atoms with E-state index in [1.54, 1.807) is 6.20 Å². The third-order valence-electron chi connectivity index (χ3n) is 1.56. The van der Waals surface area contributed by atoms with E-state index >= 15 is 0 Å². The number of rotatable bonds is 4. The van der Waals surface area contributed by atoms with Crippen molar-refractivity contribution in [3.63, 3.8) is 0 Å². The van der Waals surface area contributed by atoms with Crippen molar-refractivity contribution in [2.75, 3.05) is 6.54 Å². The van der Waals surface area contributed by atoms with E-state index in [2.05, 4.69) is 4.98 Å². The van der Waals surface area contributed by atoms with Gasteiger partial charge in [-0.25, -0.2) is 0 Å². The van der Waals surface area contributed by atoms with Crippen LogP contribution in [0.3, 0.4) is 0 Å². The van der Waals surface area contributed by atoms with Crippen LogP contribution in [0.25, 0.3) is 0 Å². The molecule has 0 bridgehead atoms. The molecule has 1 aromatic heterocycles. The van der Waals surface area contributed by atoms with E-state index in [4.69, 9.17) is 10.5 Å². The molecule has 0 aromatic carbocycles. The maximum atomic E-state index is 5.52. The molecule has 3 nitrogen and oxygen atoms in total. The molecule has 0 saturated carbocycles. The Bertz CT molecular complexity index is 261. The average molecular weight is 180 g/mol. The number of ether oxygens (including phenoxy) is 1. The van der Waals surface area contributed by atoms with E-state index in [1.165, 1.54) is 0 Å². The molecule has 0 aliphatic carbocycles. The number of pyridine rings is 1. The van der Waals surface area contributed by atoms with Crippen LogP contribution in [0.5, 0.6) is 5.75 Å². The van der Waals surface area contributed by atoms with Gasteiger partial charge in [-0.15, -0.1) is 0 Å². The molecule has 0 unspecified atom stereocenters. The van der Waals surface area contributed by atoms with Gasteiger partial charge >= 0.3 is 0 Å². The summed E-state index contributed by atoms with van der Waals surface area (Å²) in [5.41, 5.74) is 6.42. The lowest BCUT2D eigenvalue weighted by Crippen LogP contribution is -2.07. The predicted molar refractivity (Wildman–Crippen MR) is 52.8 cm³/mol. The minimum absolute atomic E-state index is 0.202. The Kier molecular flexibility index (Phi) is 3.71. The lowest BCUT2D eigenvalue weighted by Gasteiger charge is -2.09. The van der Waals surface area contributed by atoms with Crippen LogP contribution in [0.15, 0.2) is 18.3 Å². The molecule has 0 radical (unpaired) electrons. The van der Waals surface area contributed by atoms with Gasteiger partial charge in [0.1, 0.15) is 5.75 Å². The van der Waals surface area contributed by atoms with Crippen LogP contribution in [-0.2, 0) is 6.42 Å². The van der Waals surface area contributed by atoms with Gasteiger partial charge in [0.2, 0.25) is 0 Å². The largest absolute Gasteiger partial charge is 0.491 e. The van der Waals surface area contributed by atoms with E-state index in [1.807, 2.05) is 26.0 Å². The fourth-order valence-electron chi connectivity index (χ4n) is 1.09. The maximum Gasteiger partial charge on any atom is 0.123 e. The first kappa shape index (κ1) is 9.99. The highest BCUT2D eigenvalue weighted by molar-refractivity contribution is 5.22. The Morgan fingerprint density at radius 3 is 2.92 bits per heavy atom. The first-order chi connectivity index (χ1) is 6.22. The van der Waals surface area contributed by atoms with Crippen LogP contribution in [0.2, 0.25) is 0 Å². The molecule has 0 aliphatic heterocycles. The van der Waals surface area contributed by atoms with Crippen molar-refractivity contribution in [3.05, 3.63) is 24.0 Å². The van der Waals surface area contributed by atoms with E-state index in [-0.39, 0.29) is 6.10 Å². The van der Waals surface area contributed by atoms with Crippen molar-refractivity contribution < 1.29 is 4.74 Å². The molecule has 0 spiro atoms. The van der Waals surface area contributed by atoms with E-state index < -0.39 is 0 Å². The molecule has 2 N–H and O–H groups in total. The first-order valence-electron chi connectivity index (χ1n) is 4.54. The Labute approximate surface area is 78.9 Å². The number of aromatic nitrogens is 1. The lowest BCUT2D eigenvalue weighted by atomic mass is 10.2. The lowest BCUT2D eigenvalue weighted by molar-refractivity contribution is 0.242. The number of nitrogens with two attached hydrogens (primary N) is 1. The second-order valence-corrected chi connectivity index (χ2v) is 3.19. The third-order valence-corrected chi connectivity index (χ3v) is 1.56. The third kappa shape index (κ3) is 3.42. The van der Waals surface area contributed by atoms with Crippen molar-refractivity contribution in [2.24, 2.45) is 5.73 Å². The van der Waals surface area contributed by atoms with Crippen LogP contribution in [0.4, 0.5) is 0 Å². The monoisotopic (exact) mass is 180 g/mol. The highest BCUT2D eigenvalue weighted by Crippen LogP contribution is 2.12. The van der Waals surface area contributed by atoms with Crippen molar-refractivity contribution in [1.82, 2.24) is 4.98 Å². The van der Waals surface area contributed by atoms with Crippen LogP contribution in [-0.4, -0.2) is 17.6 Å². The van der Waals surface area contributed by atoms with E-state index in [0.717, 1.165) is 17.9 Å². The van der Waals surface area contributed by atoms with Crippen LogP contribution < -0.4 is 10.5 Å². The molecule has 1 rings (SSSR count). The average Bonchev–Trinajstić information content (AvgIpc) is 2.04. The summed E-state index contributed by atoms with van der Waals surface area (Å²) in [7, 11) is 0. The molecule has 1 heterocycles. The summed E-state index contributed by atoms with van der Waals surface area (Å²) < 4.78 is 5.52. The van der Waals surface area contributed by atoms with Gasteiger partial charge in [0.15, 0.2) is 0 Å². The molecule has 0 atom stereocenters. The zero-order chi connectivity index (χ0) is 9.68. The molecule has 0 fully saturated rings. The first-order valence-corrected chi connectivity index (χ1v) is 4.54. The molecule has 0 aliphatic rings. The Morgan fingerprint density at radius 2 is 2.31 bits per heavy atom. The number of hydrogen-bond donors (Lipinski definition) is 1. The molecule has 13 heavy (non-hydrogen) atoms. The van der Waals surface area contributed by atoms with Crippen molar-refractivity contribution in [1.29, 1.82) is 0 Å². The number of hydrogen-bond acceptors (Lipinski definition) is 3. The zero-order valence-electron chi connectivity index (χ0n) is 8.16. The SMILES string of the molecule is CC(C)Oc1ccnc(CCN)c1. The highest BCUT2D eigenvalue weighted by Gasteiger charge is 1.99. The minimum atomic E-state index is 0.202. The van der Waals surface area contributed by atoms with Gasteiger partial charge in [0.05, 0.1) is 6.10 Å². The quantitative estimate of drug-likeness (QED) is 0.761. The van der Waals surface area contributed by atoms with Gasteiger partial charge in [0.25, 0.3) is 0 Å². The molecule has 3 heteroatoms. The Balaban J connectivity index is 2.67. The molecular weight excluding hydrogens is 164 g/mol. The minimum Gasteiger partial charge on any atom is -0.491 e. The van der Waals surface area contributed by atoms with Gasteiger partial charge in [0, 0.05) is 24.4 Å². The van der Waals surface area contributed by atoms with Gasteiger partial charge in [-0.05, 0) is 26.5 Å². The summed E-state index contributed by atoms with van der Waals surface area (Å²) in [6.45, 7) is 4.63. The van der Waals surface area contributed by atoms with E-state index in [0.29, 0.717) is 6.54 Å². The Morgan fingerprint density at radius 1 is 1.54 bits per heavy atom. The van der Waals surface area contributed by atoms with Crippen LogP contribution in [0.1, 0.15) is 19.5 Å². The maximum absolute atomic E-state index is 5.52. The molecule has 0 saturated heterocycles. The van der Waals surface area contributed by atoms with Gasteiger partial charge in [-0.3, -0.25) is 4.98 Å². The Hall–Kier alpha value is -1.09. The molecular formula is C10H16N2O. The smallest absolute Gasteiger partial charge is 0.123 e. The van der Waals surface area contributed by atoms with Crippen molar-refractivity contribution in [3.8, 4) is 5.75 Å². The molecule has 1 aromatic rings. The van der Waals surface area contributed by atoms with Gasteiger partial charge in [-0.2, -0.15) is 0 Å². The summed E-state index contributed by atoms with van der Waals surface area (Å²) in [6.07, 6.45) is 2.76. The fourth-order valence-corrected chi connectivity index (χ4v) is 1.09. The second-order valence-electron chi connectivity index (χ2n) is 3.19. The van der Waals surface area contributed by atoms with Gasteiger partial charge < -0.3 is 10.5 Å².